The standard InChI is InChI=1S/C11H17NO4/c1-11(2,3)16-10(15)12-5-7(9(13)14)6-4-8(6)12/h6-8H,4-5H2,1-3H3,(H,13,14)/t6-,7+,8+/m1/s1. The molecule has 1 aliphatic carbocycles. The molecule has 90 valence electrons. The van der Waals surface area contributed by atoms with E-state index in [9.17, 15) is 9.59 Å². The number of carbonyl (C=O) groups is 2. The van der Waals surface area contributed by atoms with Crippen LogP contribution in [0.5, 0.6) is 0 Å². The first-order valence-corrected chi connectivity index (χ1v) is 5.52. The number of amides is 1. The zero-order valence-corrected chi connectivity index (χ0v) is 9.77. The summed E-state index contributed by atoms with van der Waals surface area (Å²) in [6.45, 7) is 5.71. The van der Waals surface area contributed by atoms with E-state index in [1.807, 2.05) is 0 Å². The molecule has 1 saturated carbocycles. The van der Waals surface area contributed by atoms with Crippen molar-refractivity contribution in [3.05, 3.63) is 0 Å². The Balaban J connectivity index is 1.98. The lowest BCUT2D eigenvalue weighted by atomic mass is 10.1. The van der Waals surface area contributed by atoms with Gasteiger partial charge in [0.25, 0.3) is 0 Å². The highest BCUT2D eigenvalue weighted by Crippen LogP contribution is 2.48. The number of carboxylic acids is 1. The van der Waals surface area contributed by atoms with Crippen molar-refractivity contribution in [3.8, 4) is 0 Å². The third-order valence-electron chi connectivity index (χ3n) is 3.06. The van der Waals surface area contributed by atoms with Gasteiger partial charge in [0.05, 0.1) is 5.92 Å². The summed E-state index contributed by atoms with van der Waals surface area (Å²) in [5, 5.41) is 8.96. The molecule has 0 aromatic heterocycles. The SMILES string of the molecule is CC(C)(C)OC(=O)N1C[C@H](C(=O)O)[C@H]2C[C@@H]21. The van der Waals surface area contributed by atoms with Crippen LogP contribution in [0.3, 0.4) is 0 Å². The van der Waals surface area contributed by atoms with Crippen LogP contribution in [0.25, 0.3) is 0 Å². The van der Waals surface area contributed by atoms with Crippen LogP contribution >= 0.6 is 0 Å². The van der Waals surface area contributed by atoms with E-state index in [-0.39, 0.29) is 18.1 Å². The van der Waals surface area contributed by atoms with Crippen molar-refractivity contribution in [2.75, 3.05) is 6.54 Å². The minimum Gasteiger partial charge on any atom is -0.481 e. The Morgan fingerprint density at radius 1 is 1.38 bits per heavy atom. The minimum atomic E-state index is -0.807. The summed E-state index contributed by atoms with van der Waals surface area (Å²) < 4.78 is 5.24. The molecule has 0 radical (unpaired) electrons. The predicted octanol–water partition coefficient (Wildman–Crippen LogP) is 1.33. The van der Waals surface area contributed by atoms with E-state index in [0.717, 1.165) is 6.42 Å². The zero-order valence-electron chi connectivity index (χ0n) is 9.77. The highest BCUT2D eigenvalue weighted by atomic mass is 16.6. The van der Waals surface area contributed by atoms with Crippen LogP contribution in [0.2, 0.25) is 0 Å². The topological polar surface area (TPSA) is 66.8 Å². The van der Waals surface area contributed by atoms with Crippen LogP contribution in [0, 0.1) is 11.8 Å². The summed E-state index contributed by atoms with van der Waals surface area (Å²) in [5.74, 6) is -1.07. The number of aliphatic carboxylic acids is 1. The molecule has 5 heteroatoms. The van der Waals surface area contributed by atoms with Gasteiger partial charge in [-0.25, -0.2) is 4.79 Å². The van der Waals surface area contributed by atoms with Crippen molar-refractivity contribution in [1.82, 2.24) is 4.90 Å². The number of nitrogens with zero attached hydrogens (tertiary/aromatic N) is 1. The number of ether oxygens (including phenoxy) is 1. The Morgan fingerprint density at radius 2 is 2.00 bits per heavy atom. The molecular formula is C11H17NO4. The predicted molar refractivity (Wildman–Crippen MR) is 56.0 cm³/mol. The van der Waals surface area contributed by atoms with E-state index < -0.39 is 17.5 Å². The van der Waals surface area contributed by atoms with Gasteiger partial charge in [-0.15, -0.1) is 0 Å². The van der Waals surface area contributed by atoms with Gasteiger partial charge in [0.1, 0.15) is 5.60 Å². The number of hydrogen-bond acceptors (Lipinski definition) is 3. The minimum absolute atomic E-state index is 0.0935. The van der Waals surface area contributed by atoms with Crippen molar-refractivity contribution in [3.63, 3.8) is 0 Å². The molecule has 5 nitrogen and oxygen atoms in total. The van der Waals surface area contributed by atoms with Gasteiger partial charge >= 0.3 is 12.1 Å². The highest BCUT2D eigenvalue weighted by Gasteiger charge is 2.58. The Kier molecular flexibility index (Phi) is 2.36. The average molecular weight is 227 g/mol. The van der Waals surface area contributed by atoms with Gasteiger partial charge in [-0.3, -0.25) is 4.79 Å². The Labute approximate surface area is 94.4 Å². The summed E-state index contributed by atoms with van der Waals surface area (Å²) in [5.41, 5.74) is -0.525. The number of piperidine rings is 1. The van der Waals surface area contributed by atoms with Gasteiger partial charge in [-0.1, -0.05) is 0 Å². The van der Waals surface area contributed by atoms with Crippen LogP contribution in [0.15, 0.2) is 0 Å². The molecule has 2 fully saturated rings. The molecule has 0 spiro atoms. The first-order chi connectivity index (χ1) is 7.29. The van der Waals surface area contributed by atoms with Crippen molar-refractivity contribution in [2.24, 2.45) is 11.8 Å². The number of carbonyl (C=O) groups excluding carboxylic acids is 1. The second-order valence-corrected chi connectivity index (χ2v) is 5.54. The van der Waals surface area contributed by atoms with E-state index in [4.69, 9.17) is 9.84 Å². The lowest BCUT2D eigenvalue weighted by Crippen LogP contribution is -2.38. The van der Waals surface area contributed by atoms with Gasteiger partial charge in [0, 0.05) is 12.6 Å². The maximum absolute atomic E-state index is 11.8. The average Bonchev–Trinajstić information content (AvgIpc) is 2.76. The van der Waals surface area contributed by atoms with Gasteiger partial charge < -0.3 is 14.7 Å². The van der Waals surface area contributed by atoms with Gasteiger partial charge in [0.2, 0.25) is 0 Å². The largest absolute Gasteiger partial charge is 0.481 e. The summed E-state index contributed by atoms with van der Waals surface area (Å²) >= 11 is 0. The van der Waals surface area contributed by atoms with Gasteiger partial charge in [0.15, 0.2) is 0 Å². The van der Waals surface area contributed by atoms with Crippen molar-refractivity contribution >= 4 is 12.1 Å². The number of fused-ring (bicyclic) bond motifs is 1. The molecule has 16 heavy (non-hydrogen) atoms. The molecule has 1 aliphatic heterocycles. The van der Waals surface area contributed by atoms with Crippen LogP contribution in [-0.2, 0) is 9.53 Å². The molecular weight excluding hydrogens is 210 g/mol. The maximum atomic E-state index is 11.8. The van der Waals surface area contributed by atoms with Gasteiger partial charge in [-0.2, -0.15) is 0 Å². The number of likely N-dealkylation sites (tertiary alicyclic amines) is 1. The zero-order chi connectivity index (χ0) is 12.1. The Bertz CT molecular complexity index is 333. The van der Waals surface area contributed by atoms with Crippen LogP contribution in [0.4, 0.5) is 4.79 Å². The molecule has 0 unspecified atom stereocenters. The van der Waals surface area contributed by atoms with Crippen LogP contribution < -0.4 is 0 Å². The number of hydrogen-bond donors (Lipinski definition) is 1. The summed E-state index contributed by atoms with van der Waals surface area (Å²) in [4.78, 5) is 24.3. The summed E-state index contributed by atoms with van der Waals surface area (Å²) in [6.07, 6.45) is 0.416. The fourth-order valence-corrected chi connectivity index (χ4v) is 2.27. The van der Waals surface area contributed by atoms with Crippen LogP contribution in [0.1, 0.15) is 27.2 Å². The van der Waals surface area contributed by atoms with Crippen molar-refractivity contribution in [2.45, 2.75) is 38.8 Å². The lowest BCUT2D eigenvalue weighted by molar-refractivity contribution is -0.142. The molecule has 0 bridgehead atoms. The lowest BCUT2D eigenvalue weighted by Gasteiger charge is -2.25. The summed E-state index contributed by atoms with van der Waals surface area (Å²) in [6, 6.07) is 0.0935. The molecule has 1 amide bonds. The number of rotatable bonds is 1. The molecule has 1 N–H and O–H groups in total. The second kappa shape index (κ2) is 3.37. The highest BCUT2D eigenvalue weighted by molar-refractivity contribution is 5.76. The normalized spacial score (nSPS) is 32.2. The fraction of sp³-hybridized carbons (Fsp3) is 0.818. The number of carboxylic acid groups (broad SMARTS) is 1. The smallest absolute Gasteiger partial charge is 0.410 e. The van der Waals surface area contributed by atoms with E-state index in [2.05, 4.69) is 0 Å². The third-order valence-corrected chi connectivity index (χ3v) is 3.06. The molecule has 2 rings (SSSR count). The first kappa shape index (κ1) is 11.2. The molecule has 1 saturated heterocycles. The summed E-state index contributed by atoms with van der Waals surface area (Å²) in [7, 11) is 0. The maximum Gasteiger partial charge on any atom is 0.410 e. The van der Waals surface area contributed by atoms with E-state index >= 15 is 0 Å². The first-order valence-electron chi connectivity index (χ1n) is 5.52. The third kappa shape index (κ3) is 1.99. The van der Waals surface area contributed by atoms with Gasteiger partial charge in [-0.05, 0) is 33.1 Å². The Hall–Kier alpha value is -1.26. The fourth-order valence-electron chi connectivity index (χ4n) is 2.27. The quantitative estimate of drug-likeness (QED) is 0.733. The molecule has 3 atom stereocenters. The van der Waals surface area contributed by atoms with Crippen LogP contribution in [-0.4, -0.2) is 40.3 Å². The van der Waals surface area contributed by atoms with E-state index in [1.165, 1.54) is 0 Å². The molecule has 0 aromatic carbocycles. The Morgan fingerprint density at radius 3 is 2.44 bits per heavy atom. The molecule has 1 heterocycles. The van der Waals surface area contributed by atoms with E-state index in [1.54, 1.807) is 25.7 Å². The van der Waals surface area contributed by atoms with Crippen molar-refractivity contribution < 1.29 is 19.4 Å². The molecule has 0 aromatic rings. The van der Waals surface area contributed by atoms with E-state index in [0.29, 0.717) is 6.54 Å². The monoisotopic (exact) mass is 227 g/mol. The van der Waals surface area contributed by atoms with Crippen molar-refractivity contribution in [1.29, 1.82) is 0 Å². The molecule has 2 aliphatic rings. The second-order valence-electron chi connectivity index (χ2n) is 5.54.